The fourth-order valence-electron chi connectivity index (χ4n) is 2.14. The molecule has 2 N–H and O–H groups in total. The second-order valence-corrected chi connectivity index (χ2v) is 4.80. The molecular formula is C15H14ClN3O. The number of hydrogen-bond acceptors (Lipinski definition) is 3. The van der Waals surface area contributed by atoms with Gasteiger partial charge in [-0.1, -0.05) is 35.9 Å². The van der Waals surface area contributed by atoms with Crippen molar-refractivity contribution in [2.24, 2.45) is 0 Å². The van der Waals surface area contributed by atoms with Crippen LogP contribution in [0.4, 0.5) is 5.95 Å². The number of nitrogens with two attached hydrogens (primary N) is 1. The van der Waals surface area contributed by atoms with E-state index in [2.05, 4.69) is 4.98 Å². The number of para-hydroxylation sites is 3. The van der Waals surface area contributed by atoms with Crippen LogP contribution in [0.3, 0.4) is 0 Å². The number of rotatable bonds is 4. The number of anilines is 1. The number of hydrogen-bond donors (Lipinski definition) is 1. The lowest BCUT2D eigenvalue weighted by Crippen LogP contribution is -2.10. The van der Waals surface area contributed by atoms with Gasteiger partial charge in [-0.3, -0.25) is 0 Å². The van der Waals surface area contributed by atoms with E-state index >= 15 is 0 Å². The zero-order chi connectivity index (χ0) is 13.9. The molecule has 1 aromatic heterocycles. The monoisotopic (exact) mass is 287 g/mol. The Kier molecular flexibility index (Phi) is 3.48. The van der Waals surface area contributed by atoms with E-state index in [0.29, 0.717) is 29.9 Å². The fraction of sp³-hybridized carbons (Fsp3) is 0.133. The largest absolute Gasteiger partial charge is 0.490 e. The topological polar surface area (TPSA) is 53.1 Å². The molecule has 0 amide bonds. The summed E-state index contributed by atoms with van der Waals surface area (Å²) >= 11 is 6.04. The van der Waals surface area contributed by atoms with Gasteiger partial charge in [0.1, 0.15) is 12.4 Å². The van der Waals surface area contributed by atoms with E-state index in [1.807, 2.05) is 47.0 Å². The van der Waals surface area contributed by atoms with Crippen molar-refractivity contribution >= 4 is 28.6 Å². The first-order valence-corrected chi connectivity index (χ1v) is 6.71. The van der Waals surface area contributed by atoms with Crippen LogP contribution in [-0.2, 0) is 6.54 Å². The molecule has 0 aliphatic carbocycles. The van der Waals surface area contributed by atoms with Gasteiger partial charge in [0.15, 0.2) is 0 Å². The second-order valence-electron chi connectivity index (χ2n) is 4.39. The van der Waals surface area contributed by atoms with Crippen molar-refractivity contribution in [3.8, 4) is 5.75 Å². The molecule has 0 unspecified atom stereocenters. The van der Waals surface area contributed by atoms with Gasteiger partial charge >= 0.3 is 0 Å². The molecule has 0 bridgehead atoms. The van der Waals surface area contributed by atoms with Crippen LogP contribution in [0.1, 0.15) is 0 Å². The van der Waals surface area contributed by atoms with E-state index in [1.165, 1.54) is 0 Å². The smallest absolute Gasteiger partial charge is 0.201 e. The average molecular weight is 288 g/mol. The summed E-state index contributed by atoms with van der Waals surface area (Å²) in [7, 11) is 0. The normalized spacial score (nSPS) is 10.8. The molecule has 5 heteroatoms. The Balaban J connectivity index is 1.74. The quantitative estimate of drug-likeness (QED) is 0.800. The van der Waals surface area contributed by atoms with E-state index < -0.39 is 0 Å². The number of nitrogen functional groups attached to an aromatic ring is 1. The van der Waals surface area contributed by atoms with Crippen molar-refractivity contribution in [1.82, 2.24) is 9.55 Å². The molecule has 0 saturated carbocycles. The Labute approximate surface area is 121 Å². The predicted octanol–water partition coefficient (Wildman–Crippen LogP) is 3.35. The molecule has 0 radical (unpaired) electrons. The van der Waals surface area contributed by atoms with Crippen LogP contribution in [0, 0.1) is 0 Å². The van der Waals surface area contributed by atoms with Crippen LogP contribution >= 0.6 is 11.6 Å². The van der Waals surface area contributed by atoms with Crippen LogP contribution in [0.15, 0.2) is 48.5 Å². The van der Waals surface area contributed by atoms with Crippen LogP contribution < -0.4 is 10.5 Å². The van der Waals surface area contributed by atoms with Crippen LogP contribution in [-0.4, -0.2) is 16.2 Å². The van der Waals surface area contributed by atoms with Crippen molar-refractivity contribution in [2.75, 3.05) is 12.3 Å². The number of benzene rings is 2. The molecule has 0 aliphatic heterocycles. The van der Waals surface area contributed by atoms with Crippen molar-refractivity contribution in [2.45, 2.75) is 6.54 Å². The number of imidazole rings is 1. The molecular weight excluding hydrogens is 274 g/mol. The minimum atomic E-state index is 0.480. The molecule has 1 heterocycles. The molecule has 0 fully saturated rings. The lowest BCUT2D eigenvalue weighted by molar-refractivity contribution is 0.301. The number of aromatic nitrogens is 2. The zero-order valence-corrected chi connectivity index (χ0v) is 11.5. The maximum Gasteiger partial charge on any atom is 0.201 e. The van der Waals surface area contributed by atoms with Gasteiger partial charge in [0.2, 0.25) is 5.95 Å². The summed E-state index contributed by atoms with van der Waals surface area (Å²) in [5.41, 5.74) is 7.83. The minimum absolute atomic E-state index is 0.480. The Morgan fingerprint density at radius 2 is 1.85 bits per heavy atom. The summed E-state index contributed by atoms with van der Waals surface area (Å²) in [4.78, 5) is 4.32. The maximum absolute atomic E-state index is 6.04. The third kappa shape index (κ3) is 2.42. The van der Waals surface area contributed by atoms with Gasteiger partial charge in [-0.15, -0.1) is 0 Å². The van der Waals surface area contributed by atoms with Crippen molar-refractivity contribution in [3.05, 3.63) is 53.6 Å². The minimum Gasteiger partial charge on any atom is -0.490 e. The Morgan fingerprint density at radius 3 is 2.70 bits per heavy atom. The SMILES string of the molecule is Nc1nc2ccccc2n1CCOc1ccccc1Cl. The molecule has 0 saturated heterocycles. The first kappa shape index (κ1) is 12.8. The first-order valence-electron chi connectivity index (χ1n) is 6.34. The molecule has 3 aromatic rings. The number of fused-ring (bicyclic) bond motifs is 1. The van der Waals surface area contributed by atoms with Crippen molar-refractivity contribution in [3.63, 3.8) is 0 Å². The van der Waals surface area contributed by atoms with Crippen LogP contribution in [0.5, 0.6) is 5.75 Å². The number of halogens is 1. The number of nitrogens with zero attached hydrogens (tertiary/aromatic N) is 2. The third-order valence-electron chi connectivity index (χ3n) is 3.09. The van der Waals surface area contributed by atoms with Gasteiger partial charge in [0, 0.05) is 0 Å². The van der Waals surface area contributed by atoms with Crippen LogP contribution in [0.25, 0.3) is 11.0 Å². The standard InChI is InChI=1S/C15H14ClN3O/c16-11-5-1-4-8-14(11)20-10-9-19-13-7-3-2-6-12(13)18-15(19)17/h1-8H,9-10H2,(H2,17,18). The van der Waals surface area contributed by atoms with Crippen molar-refractivity contribution in [1.29, 1.82) is 0 Å². The summed E-state index contributed by atoms with van der Waals surface area (Å²) in [5, 5.41) is 0.607. The average Bonchev–Trinajstić information content (AvgIpc) is 2.77. The maximum atomic E-state index is 6.04. The fourth-order valence-corrected chi connectivity index (χ4v) is 2.33. The second kappa shape index (κ2) is 5.43. The summed E-state index contributed by atoms with van der Waals surface area (Å²) in [6.07, 6.45) is 0. The lowest BCUT2D eigenvalue weighted by atomic mass is 10.3. The third-order valence-corrected chi connectivity index (χ3v) is 3.41. The highest BCUT2D eigenvalue weighted by Crippen LogP contribution is 2.23. The molecule has 0 atom stereocenters. The summed E-state index contributed by atoms with van der Waals surface area (Å²) in [5.74, 6) is 1.17. The molecule has 102 valence electrons. The highest BCUT2D eigenvalue weighted by Gasteiger charge is 2.07. The summed E-state index contributed by atoms with van der Waals surface area (Å²) < 4.78 is 7.61. The lowest BCUT2D eigenvalue weighted by Gasteiger charge is -2.09. The van der Waals surface area contributed by atoms with E-state index in [4.69, 9.17) is 22.1 Å². The zero-order valence-electron chi connectivity index (χ0n) is 10.8. The van der Waals surface area contributed by atoms with Gasteiger partial charge in [-0.25, -0.2) is 4.98 Å². The van der Waals surface area contributed by atoms with Crippen LogP contribution in [0.2, 0.25) is 5.02 Å². The molecule has 0 spiro atoms. The Hall–Kier alpha value is -2.20. The highest BCUT2D eigenvalue weighted by atomic mass is 35.5. The molecule has 4 nitrogen and oxygen atoms in total. The highest BCUT2D eigenvalue weighted by molar-refractivity contribution is 6.32. The molecule has 2 aromatic carbocycles. The van der Waals surface area contributed by atoms with Gasteiger partial charge in [0.25, 0.3) is 0 Å². The molecule has 0 aliphatic rings. The van der Waals surface area contributed by atoms with Gasteiger partial charge in [-0.2, -0.15) is 0 Å². The Bertz CT molecular complexity index is 739. The first-order chi connectivity index (χ1) is 9.75. The van der Waals surface area contributed by atoms with Gasteiger partial charge in [-0.05, 0) is 24.3 Å². The predicted molar refractivity (Wildman–Crippen MR) is 81.1 cm³/mol. The summed E-state index contributed by atoms with van der Waals surface area (Å²) in [6, 6.07) is 15.3. The Morgan fingerprint density at radius 1 is 1.10 bits per heavy atom. The number of ether oxygens (including phenoxy) is 1. The molecule has 20 heavy (non-hydrogen) atoms. The van der Waals surface area contributed by atoms with E-state index in [9.17, 15) is 0 Å². The van der Waals surface area contributed by atoms with Gasteiger partial charge < -0.3 is 15.0 Å². The van der Waals surface area contributed by atoms with E-state index in [-0.39, 0.29) is 0 Å². The summed E-state index contributed by atoms with van der Waals surface area (Å²) in [6.45, 7) is 1.10. The van der Waals surface area contributed by atoms with Gasteiger partial charge in [0.05, 0.1) is 22.6 Å². The van der Waals surface area contributed by atoms with Crippen molar-refractivity contribution < 1.29 is 4.74 Å². The van der Waals surface area contributed by atoms with E-state index in [1.54, 1.807) is 6.07 Å². The molecule has 3 rings (SSSR count). The van der Waals surface area contributed by atoms with E-state index in [0.717, 1.165) is 11.0 Å².